The Kier molecular flexibility index (Phi) is 5.95. The Morgan fingerprint density at radius 3 is 2.44 bits per heavy atom. The number of likely N-dealkylation sites (tertiary alicyclic amines) is 1. The number of rotatable bonds is 5. The second-order valence-corrected chi connectivity index (χ2v) is 8.31. The molecule has 6 nitrogen and oxygen atoms in total. The maximum atomic E-state index is 12.7. The minimum absolute atomic E-state index is 0.0684. The molecule has 1 amide bonds. The van der Waals surface area contributed by atoms with E-state index >= 15 is 0 Å². The van der Waals surface area contributed by atoms with Crippen LogP contribution in [0.4, 0.5) is 0 Å². The SMILES string of the molecule is Cc1ccc(-n2nnc(C(=O)NC(C)CN3CC(C)CC(C)C3)c2C)cc1. The number of nitrogens with zero attached hydrogens (tertiary/aromatic N) is 4. The monoisotopic (exact) mass is 369 g/mol. The lowest BCUT2D eigenvalue weighted by Crippen LogP contribution is -2.47. The van der Waals surface area contributed by atoms with Gasteiger partial charge in [0.2, 0.25) is 0 Å². The lowest BCUT2D eigenvalue weighted by Gasteiger charge is -2.36. The Morgan fingerprint density at radius 2 is 1.81 bits per heavy atom. The minimum atomic E-state index is -0.156. The Balaban J connectivity index is 1.63. The number of carbonyl (C=O) groups excluding carboxylic acids is 1. The highest BCUT2D eigenvalue weighted by Crippen LogP contribution is 2.21. The second-order valence-electron chi connectivity index (χ2n) is 8.31. The smallest absolute Gasteiger partial charge is 0.274 e. The Labute approximate surface area is 161 Å². The van der Waals surface area contributed by atoms with Crippen molar-refractivity contribution in [2.45, 2.75) is 47.1 Å². The quantitative estimate of drug-likeness (QED) is 0.880. The molecule has 3 rings (SSSR count). The van der Waals surface area contributed by atoms with E-state index in [-0.39, 0.29) is 11.9 Å². The van der Waals surface area contributed by atoms with Crippen LogP contribution in [0, 0.1) is 25.7 Å². The molecule has 0 spiro atoms. The van der Waals surface area contributed by atoms with E-state index in [4.69, 9.17) is 0 Å². The third-order valence-corrected chi connectivity index (χ3v) is 5.24. The van der Waals surface area contributed by atoms with Crippen LogP contribution in [0.2, 0.25) is 0 Å². The number of hydrogen-bond donors (Lipinski definition) is 1. The van der Waals surface area contributed by atoms with Crippen molar-refractivity contribution in [3.63, 3.8) is 0 Å². The van der Waals surface area contributed by atoms with Crippen LogP contribution < -0.4 is 5.32 Å². The van der Waals surface area contributed by atoms with E-state index in [2.05, 4.69) is 41.3 Å². The van der Waals surface area contributed by atoms with E-state index in [1.807, 2.05) is 38.1 Å². The average Bonchev–Trinajstić information content (AvgIpc) is 2.96. The molecule has 0 aliphatic carbocycles. The highest BCUT2D eigenvalue weighted by atomic mass is 16.2. The summed E-state index contributed by atoms with van der Waals surface area (Å²) in [5.41, 5.74) is 3.24. The van der Waals surface area contributed by atoms with Crippen molar-refractivity contribution in [1.29, 1.82) is 0 Å². The van der Waals surface area contributed by atoms with Gasteiger partial charge in [-0.1, -0.05) is 36.8 Å². The van der Waals surface area contributed by atoms with Gasteiger partial charge in [-0.3, -0.25) is 4.79 Å². The molecule has 1 saturated heterocycles. The number of nitrogens with one attached hydrogen (secondary N) is 1. The molecule has 1 aliphatic rings. The largest absolute Gasteiger partial charge is 0.347 e. The van der Waals surface area contributed by atoms with Gasteiger partial charge in [0.1, 0.15) is 0 Å². The molecule has 0 bridgehead atoms. The van der Waals surface area contributed by atoms with Crippen LogP contribution in [0.3, 0.4) is 0 Å². The zero-order valence-electron chi connectivity index (χ0n) is 17.1. The first-order valence-electron chi connectivity index (χ1n) is 9.86. The van der Waals surface area contributed by atoms with Crippen molar-refractivity contribution in [2.24, 2.45) is 11.8 Å². The molecule has 27 heavy (non-hydrogen) atoms. The molecule has 1 aromatic carbocycles. The van der Waals surface area contributed by atoms with Crippen molar-refractivity contribution in [3.8, 4) is 5.69 Å². The van der Waals surface area contributed by atoms with Gasteiger partial charge in [-0.2, -0.15) is 0 Å². The molecule has 1 aliphatic heterocycles. The van der Waals surface area contributed by atoms with E-state index in [0.717, 1.165) is 31.0 Å². The summed E-state index contributed by atoms with van der Waals surface area (Å²) in [5, 5.41) is 11.4. The van der Waals surface area contributed by atoms with Crippen LogP contribution in [0.1, 0.15) is 48.9 Å². The van der Waals surface area contributed by atoms with Gasteiger partial charge >= 0.3 is 0 Å². The molecule has 2 aromatic rings. The molecule has 1 N–H and O–H groups in total. The number of carbonyl (C=O) groups is 1. The maximum Gasteiger partial charge on any atom is 0.274 e. The standard InChI is InChI=1S/C21H31N5O/c1-14-6-8-19(9-7-14)26-18(5)20(23-24-26)21(27)22-17(4)13-25-11-15(2)10-16(3)12-25/h6-9,15-17H,10-13H2,1-5H3,(H,22,27). The minimum Gasteiger partial charge on any atom is -0.347 e. The van der Waals surface area contributed by atoms with Gasteiger partial charge in [-0.15, -0.1) is 5.10 Å². The van der Waals surface area contributed by atoms with E-state index in [1.54, 1.807) is 4.68 Å². The number of benzene rings is 1. The zero-order chi connectivity index (χ0) is 19.6. The molecule has 3 unspecified atom stereocenters. The van der Waals surface area contributed by atoms with Crippen molar-refractivity contribution < 1.29 is 4.79 Å². The zero-order valence-corrected chi connectivity index (χ0v) is 17.1. The van der Waals surface area contributed by atoms with E-state index in [0.29, 0.717) is 17.5 Å². The van der Waals surface area contributed by atoms with Crippen LogP contribution in [0.15, 0.2) is 24.3 Å². The van der Waals surface area contributed by atoms with Crippen molar-refractivity contribution >= 4 is 5.91 Å². The fraction of sp³-hybridized carbons (Fsp3) is 0.571. The van der Waals surface area contributed by atoms with Crippen molar-refractivity contribution in [2.75, 3.05) is 19.6 Å². The molecule has 1 aromatic heterocycles. The van der Waals surface area contributed by atoms with E-state index in [9.17, 15) is 4.79 Å². The summed E-state index contributed by atoms with van der Waals surface area (Å²) in [6.07, 6.45) is 1.29. The van der Waals surface area contributed by atoms with Crippen LogP contribution >= 0.6 is 0 Å². The summed E-state index contributed by atoms with van der Waals surface area (Å²) in [5.74, 6) is 1.28. The molecule has 146 valence electrons. The van der Waals surface area contributed by atoms with Gasteiger partial charge in [-0.05, 0) is 51.2 Å². The Morgan fingerprint density at radius 1 is 1.19 bits per heavy atom. The summed E-state index contributed by atoms with van der Waals surface area (Å²) in [6, 6.07) is 8.09. The summed E-state index contributed by atoms with van der Waals surface area (Å²) < 4.78 is 1.72. The predicted molar refractivity (Wildman–Crippen MR) is 107 cm³/mol. The average molecular weight is 370 g/mol. The van der Waals surface area contributed by atoms with Gasteiger partial charge in [0.15, 0.2) is 5.69 Å². The van der Waals surface area contributed by atoms with Gasteiger partial charge < -0.3 is 10.2 Å². The summed E-state index contributed by atoms with van der Waals surface area (Å²) in [6.45, 7) is 13.7. The number of amides is 1. The molecule has 0 saturated carbocycles. The van der Waals surface area contributed by atoms with E-state index < -0.39 is 0 Å². The van der Waals surface area contributed by atoms with E-state index in [1.165, 1.54) is 12.0 Å². The summed E-state index contributed by atoms with van der Waals surface area (Å²) in [4.78, 5) is 15.2. The lowest BCUT2D eigenvalue weighted by atomic mass is 9.92. The van der Waals surface area contributed by atoms with Crippen LogP contribution in [0.5, 0.6) is 0 Å². The molecular formula is C21H31N5O. The highest BCUT2D eigenvalue weighted by Gasteiger charge is 2.24. The molecule has 3 atom stereocenters. The fourth-order valence-electron chi connectivity index (χ4n) is 4.14. The normalized spacial score (nSPS) is 21.8. The second kappa shape index (κ2) is 8.21. The third-order valence-electron chi connectivity index (χ3n) is 5.24. The molecular weight excluding hydrogens is 338 g/mol. The maximum absolute atomic E-state index is 12.7. The first-order valence-corrected chi connectivity index (χ1v) is 9.86. The van der Waals surface area contributed by atoms with Gasteiger partial charge in [0, 0.05) is 25.7 Å². The van der Waals surface area contributed by atoms with Crippen LogP contribution in [0.25, 0.3) is 5.69 Å². The number of aromatic nitrogens is 3. The lowest BCUT2D eigenvalue weighted by molar-refractivity contribution is 0.0899. The third kappa shape index (κ3) is 4.75. The molecule has 0 radical (unpaired) electrons. The predicted octanol–water partition coefficient (Wildman–Crippen LogP) is 2.98. The first kappa shape index (κ1) is 19.5. The van der Waals surface area contributed by atoms with Crippen LogP contribution in [-0.4, -0.2) is 51.5 Å². The van der Waals surface area contributed by atoms with Gasteiger partial charge in [0.25, 0.3) is 5.91 Å². The van der Waals surface area contributed by atoms with Crippen molar-refractivity contribution in [3.05, 3.63) is 41.2 Å². The molecule has 6 heteroatoms. The number of piperidine rings is 1. The van der Waals surface area contributed by atoms with Crippen molar-refractivity contribution in [1.82, 2.24) is 25.2 Å². The topological polar surface area (TPSA) is 63.1 Å². The summed E-state index contributed by atoms with van der Waals surface area (Å²) >= 11 is 0. The van der Waals surface area contributed by atoms with Gasteiger partial charge in [0.05, 0.1) is 11.4 Å². The van der Waals surface area contributed by atoms with Gasteiger partial charge in [-0.25, -0.2) is 4.68 Å². The number of hydrogen-bond acceptors (Lipinski definition) is 4. The first-order chi connectivity index (χ1) is 12.8. The molecule has 1 fully saturated rings. The Hall–Kier alpha value is -2.21. The fourth-order valence-corrected chi connectivity index (χ4v) is 4.14. The Bertz CT molecular complexity index is 772. The highest BCUT2D eigenvalue weighted by molar-refractivity contribution is 5.93. The summed E-state index contributed by atoms with van der Waals surface area (Å²) in [7, 11) is 0. The molecule has 2 heterocycles. The van der Waals surface area contributed by atoms with Crippen LogP contribution in [-0.2, 0) is 0 Å². The number of aryl methyl sites for hydroxylation is 1.